The Morgan fingerprint density at radius 1 is 1.24 bits per heavy atom. The molecule has 0 spiro atoms. The van der Waals surface area contributed by atoms with Crippen molar-refractivity contribution >= 4 is 34.1 Å². The number of benzene rings is 2. The van der Waals surface area contributed by atoms with E-state index in [0.29, 0.717) is 22.0 Å². The smallest absolute Gasteiger partial charge is 0.257 e. The Balaban J connectivity index is 1.96. The lowest BCUT2D eigenvalue weighted by atomic mass is 10.1. The van der Waals surface area contributed by atoms with Crippen molar-refractivity contribution < 1.29 is 9.53 Å². The van der Waals surface area contributed by atoms with Gasteiger partial charge in [0, 0.05) is 22.1 Å². The van der Waals surface area contributed by atoms with E-state index >= 15 is 0 Å². The molecule has 1 amide bonds. The number of carbonyl (C=O) groups is 1. The molecule has 0 unspecified atom stereocenters. The molecule has 0 saturated carbocycles. The molecule has 0 saturated heterocycles. The van der Waals surface area contributed by atoms with Crippen molar-refractivity contribution in [1.29, 1.82) is 0 Å². The topological polar surface area (TPSA) is 54.1 Å². The summed E-state index contributed by atoms with van der Waals surface area (Å²) in [4.78, 5) is 15.5. The summed E-state index contributed by atoms with van der Waals surface area (Å²) in [6.45, 7) is 0. The zero-order chi connectivity index (χ0) is 14.8. The molecule has 3 rings (SSSR count). The maximum absolute atomic E-state index is 12.4. The van der Waals surface area contributed by atoms with Crippen molar-refractivity contribution in [1.82, 2.24) is 4.98 Å². The zero-order valence-corrected chi connectivity index (χ0v) is 12.1. The van der Waals surface area contributed by atoms with E-state index in [1.165, 1.54) is 0 Å². The number of H-pyrrole nitrogens is 1. The standard InChI is InChI=1S/C16H13ClN2O2/c1-21-15-5-3-2-4-14(15)19-16(20)12-9-18-13-7-6-10(17)8-11(12)13/h2-9,18H,1H3,(H,19,20). The number of aromatic nitrogens is 1. The summed E-state index contributed by atoms with van der Waals surface area (Å²) >= 11 is 5.99. The molecule has 0 fully saturated rings. The quantitative estimate of drug-likeness (QED) is 0.765. The van der Waals surface area contributed by atoms with Crippen LogP contribution in [0.5, 0.6) is 5.75 Å². The lowest BCUT2D eigenvalue weighted by Crippen LogP contribution is -2.12. The summed E-state index contributed by atoms with van der Waals surface area (Å²) in [6.07, 6.45) is 1.67. The highest BCUT2D eigenvalue weighted by Gasteiger charge is 2.14. The molecule has 2 aromatic carbocycles. The highest BCUT2D eigenvalue weighted by molar-refractivity contribution is 6.31. The van der Waals surface area contributed by atoms with Crippen molar-refractivity contribution in [2.75, 3.05) is 12.4 Å². The molecule has 3 aromatic rings. The first kappa shape index (κ1) is 13.5. The van der Waals surface area contributed by atoms with Gasteiger partial charge in [0.05, 0.1) is 18.4 Å². The number of hydrogen-bond acceptors (Lipinski definition) is 2. The van der Waals surface area contributed by atoms with Gasteiger partial charge in [-0.2, -0.15) is 0 Å². The monoisotopic (exact) mass is 300 g/mol. The van der Waals surface area contributed by atoms with Crippen LogP contribution in [0.1, 0.15) is 10.4 Å². The second kappa shape index (κ2) is 5.50. The number of rotatable bonds is 3. The van der Waals surface area contributed by atoms with Gasteiger partial charge in [0.15, 0.2) is 0 Å². The third-order valence-electron chi connectivity index (χ3n) is 3.24. The first-order valence-corrected chi connectivity index (χ1v) is 6.78. The molecule has 4 nitrogen and oxygen atoms in total. The molecular formula is C16H13ClN2O2. The van der Waals surface area contributed by atoms with E-state index in [2.05, 4.69) is 10.3 Å². The fraction of sp³-hybridized carbons (Fsp3) is 0.0625. The highest BCUT2D eigenvalue weighted by atomic mass is 35.5. The van der Waals surface area contributed by atoms with Gasteiger partial charge < -0.3 is 15.0 Å². The Bertz CT molecular complexity index is 811. The van der Waals surface area contributed by atoms with Crippen LogP contribution in [-0.2, 0) is 0 Å². The predicted octanol–water partition coefficient (Wildman–Crippen LogP) is 4.08. The van der Waals surface area contributed by atoms with E-state index in [-0.39, 0.29) is 5.91 Å². The van der Waals surface area contributed by atoms with Crippen LogP contribution in [0.15, 0.2) is 48.7 Å². The molecule has 2 N–H and O–H groups in total. The van der Waals surface area contributed by atoms with Crippen LogP contribution < -0.4 is 10.1 Å². The summed E-state index contributed by atoms with van der Waals surface area (Å²) in [6, 6.07) is 12.7. The second-order valence-corrected chi connectivity index (χ2v) is 4.98. The minimum absolute atomic E-state index is 0.215. The number of anilines is 1. The Morgan fingerprint density at radius 3 is 2.86 bits per heavy atom. The van der Waals surface area contributed by atoms with E-state index in [1.54, 1.807) is 37.6 Å². The second-order valence-electron chi connectivity index (χ2n) is 4.55. The Labute approximate surface area is 126 Å². The molecule has 0 aliphatic heterocycles. The van der Waals surface area contributed by atoms with Crippen LogP contribution in [0.2, 0.25) is 5.02 Å². The molecule has 0 aliphatic rings. The third kappa shape index (κ3) is 2.58. The molecule has 0 atom stereocenters. The number of nitrogens with one attached hydrogen (secondary N) is 2. The van der Waals surface area contributed by atoms with Gasteiger partial charge in [-0.3, -0.25) is 4.79 Å². The minimum atomic E-state index is -0.215. The van der Waals surface area contributed by atoms with Crippen LogP contribution in [0.25, 0.3) is 10.9 Å². The number of aromatic amines is 1. The molecule has 21 heavy (non-hydrogen) atoms. The number of para-hydroxylation sites is 2. The van der Waals surface area contributed by atoms with Crippen LogP contribution in [0.3, 0.4) is 0 Å². The molecule has 1 aromatic heterocycles. The van der Waals surface area contributed by atoms with E-state index in [9.17, 15) is 4.79 Å². The molecule has 0 aliphatic carbocycles. The maximum atomic E-state index is 12.4. The van der Waals surface area contributed by atoms with Gasteiger partial charge in [-0.25, -0.2) is 0 Å². The van der Waals surface area contributed by atoms with Crippen molar-refractivity contribution in [3.63, 3.8) is 0 Å². The van der Waals surface area contributed by atoms with Crippen molar-refractivity contribution in [3.8, 4) is 5.75 Å². The first-order chi connectivity index (χ1) is 10.2. The predicted molar refractivity (Wildman–Crippen MR) is 84.3 cm³/mol. The number of amides is 1. The fourth-order valence-electron chi connectivity index (χ4n) is 2.22. The molecule has 106 valence electrons. The molecule has 1 heterocycles. The van der Waals surface area contributed by atoms with Crippen molar-refractivity contribution in [2.24, 2.45) is 0 Å². The summed E-state index contributed by atoms with van der Waals surface area (Å²) in [7, 11) is 1.57. The Kier molecular flexibility index (Phi) is 3.54. The van der Waals surface area contributed by atoms with Crippen LogP contribution >= 0.6 is 11.6 Å². The van der Waals surface area contributed by atoms with Gasteiger partial charge in [0.25, 0.3) is 5.91 Å². The van der Waals surface area contributed by atoms with Crippen LogP contribution in [0.4, 0.5) is 5.69 Å². The zero-order valence-electron chi connectivity index (χ0n) is 11.3. The molecule has 0 radical (unpaired) electrons. The average molecular weight is 301 g/mol. The van der Waals surface area contributed by atoms with Gasteiger partial charge in [-0.15, -0.1) is 0 Å². The third-order valence-corrected chi connectivity index (χ3v) is 3.48. The van der Waals surface area contributed by atoms with Crippen LogP contribution in [0, 0.1) is 0 Å². The van der Waals surface area contributed by atoms with Crippen molar-refractivity contribution in [3.05, 3.63) is 59.2 Å². The number of ether oxygens (including phenoxy) is 1. The van der Waals surface area contributed by atoms with Crippen LogP contribution in [-0.4, -0.2) is 18.0 Å². The normalized spacial score (nSPS) is 10.6. The summed E-state index contributed by atoms with van der Waals surface area (Å²) < 4.78 is 5.23. The van der Waals surface area contributed by atoms with Gasteiger partial charge in [-0.05, 0) is 30.3 Å². The average Bonchev–Trinajstić information content (AvgIpc) is 2.90. The summed E-state index contributed by atoms with van der Waals surface area (Å²) in [5.41, 5.74) is 2.03. The van der Waals surface area contributed by atoms with Gasteiger partial charge in [0.1, 0.15) is 5.75 Å². The number of halogens is 1. The van der Waals surface area contributed by atoms with Gasteiger partial charge >= 0.3 is 0 Å². The summed E-state index contributed by atoms with van der Waals surface area (Å²) in [5, 5.41) is 4.23. The fourth-order valence-corrected chi connectivity index (χ4v) is 2.39. The molecular weight excluding hydrogens is 288 g/mol. The van der Waals surface area contributed by atoms with E-state index in [1.807, 2.05) is 18.2 Å². The van der Waals surface area contributed by atoms with Crippen molar-refractivity contribution in [2.45, 2.75) is 0 Å². The largest absolute Gasteiger partial charge is 0.495 e. The number of fused-ring (bicyclic) bond motifs is 1. The number of methoxy groups -OCH3 is 1. The number of carbonyl (C=O) groups excluding carboxylic acids is 1. The van der Waals surface area contributed by atoms with E-state index < -0.39 is 0 Å². The summed E-state index contributed by atoms with van der Waals surface area (Å²) in [5.74, 6) is 0.400. The lowest BCUT2D eigenvalue weighted by Gasteiger charge is -2.09. The van der Waals surface area contributed by atoms with Gasteiger partial charge in [-0.1, -0.05) is 23.7 Å². The first-order valence-electron chi connectivity index (χ1n) is 6.40. The SMILES string of the molecule is COc1ccccc1NC(=O)c1c[nH]c2ccc(Cl)cc12. The Morgan fingerprint density at radius 2 is 2.05 bits per heavy atom. The van der Waals surface area contributed by atoms with Gasteiger partial charge in [0.2, 0.25) is 0 Å². The maximum Gasteiger partial charge on any atom is 0.257 e. The molecule has 5 heteroatoms. The highest BCUT2D eigenvalue weighted by Crippen LogP contribution is 2.26. The van der Waals surface area contributed by atoms with E-state index in [0.717, 1.165) is 10.9 Å². The Hall–Kier alpha value is -2.46. The van der Waals surface area contributed by atoms with E-state index in [4.69, 9.17) is 16.3 Å². The number of hydrogen-bond donors (Lipinski definition) is 2. The lowest BCUT2D eigenvalue weighted by molar-refractivity contribution is 0.102. The molecule has 0 bridgehead atoms. The minimum Gasteiger partial charge on any atom is -0.495 e.